The van der Waals surface area contributed by atoms with E-state index in [1.54, 1.807) is 44.4 Å². The maximum absolute atomic E-state index is 13.4. The van der Waals surface area contributed by atoms with Gasteiger partial charge in [0.05, 0.1) is 23.4 Å². The summed E-state index contributed by atoms with van der Waals surface area (Å²) in [5.74, 6) is -1.13. The molecule has 0 bridgehead atoms. The molecule has 41 heavy (non-hydrogen) atoms. The highest BCUT2D eigenvalue weighted by atomic mass is 32.2. The van der Waals surface area contributed by atoms with E-state index in [4.69, 9.17) is 4.74 Å². The Labute approximate surface area is 242 Å². The minimum absolute atomic E-state index is 0.203. The minimum atomic E-state index is -0.555. The van der Waals surface area contributed by atoms with Crippen LogP contribution >= 0.6 is 23.1 Å². The molecule has 3 amide bonds. The summed E-state index contributed by atoms with van der Waals surface area (Å²) in [6.45, 7) is 1.63. The van der Waals surface area contributed by atoms with E-state index in [-0.39, 0.29) is 26.6 Å². The number of aryl methyl sites for hydroxylation is 1. The van der Waals surface area contributed by atoms with Crippen molar-refractivity contribution in [2.45, 2.75) is 6.92 Å². The average Bonchev–Trinajstić information content (AvgIpc) is 3.50. The highest BCUT2D eigenvalue weighted by Gasteiger charge is 2.35. The summed E-state index contributed by atoms with van der Waals surface area (Å²) in [5.41, 5.74) is 4.51. The van der Waals surface area contributed by atoms with Crippen molar-refractivity contribution in [3.63, 3.8) is 0 Å². The number of rotatable bonds is 7. The molecule has 0 saturated carbocycles. The van der Waals surface area contributed by atoms with Gasteiger partial charge in [-0.1, -0.05) is 41.7 Å². The molecule has 1 aliphatic rings. The van der Waals surface area contributed by atoms with E-state index in [1.165, 1.54) is 29.2 Å². The van der Waals surface area contributed by atoms with Crippen LogP contribution < -0.4 is 20.4 Å². The number of nitrogens with one attached hydrogen (secondary N) is 2. The summed E-state index contributed by atoms with van der Waals surface area (Å²) in [6.07, 6.45) is 1.74. The number of hydrazone groups is 1. The topological polar surface area (TPSA) is 113 Å². The second-order valence-corrected chi connectivity index (χ2v) is 10.6. The smallest absolute Gasteiger partial charge is 0.283 e. The molecule has 2 heterocycles. The molecule has 1 aliphatic heterocycles. The number of ether oxygens (including phenoxy) is 1. The van der Waals surface area contributed by atoms with Crippen molar-refractivity contribution >= 4 is 62.9 Å². The van der Waals surface area contributed by atoms with Gasteiger partial charge in [0, 0.05) is 5.56 Å². The molecule has 5 rings (SSSR count). The number of halogens is 1. The van der Waals surface area contributed by atoms with Crippen molar-refractivity contribution in [1.82, 2.24) is 10.4 Å². The van der Waals surface area contributed by atoms with Crippen molar-refractivity contribution in [3.05, 3.63) is 111 Å². The first kappa shape index (κ1) is 27.7. The van der Waals surface area contributed by atoms with Gasteiger partial charge < -0.3 is 4.74 Å². The highest BCUT2D eigenvalue weighted by molar-refractivity contribution is 8.19. The summed E-state index contributed by atoms with van der Waals surface area (Å²) in [4.78, 5) is 45.3. The van der Waals surface area contributed by atoms with Crippen molar-refractivity contribution in [2.24, 2.45) is 5.10 Å². The van der Waals surface area contributed by atoms with Crippen LogP contribution in [-0.4, -0.2) is 35.0 Å². The van der Waals surface area contributed by atoms with E-state index in [0.717, 1.165) is 28.7 Å². The van der Waals surface area contributed by atoms with Gasteiger partial charge >= 0.3 is 0 Å². The first-order chi connectivity index (χ1) is 19.8. The van der Waals surface area contributed by atoms with Crippen LogP contribution in [0.5, 0.6) is 5.75 Å². The van der Waals surface area contributed by atoms with Crippen molar-refractivity contribution in [1.29, 1.82) is 0 Å². The maximum Gasteiger partial charge on any atom is 0.283 e. The van der Waals surface area contributed by atoms with Crippen LogP contribution in [0.15, 0.2) is 88.9 Å². The number of anilines is 2. The molecule has 0 radical (unpaired) electrons. The van der Waals surface area contributed by atoms with Gasteiger partial charge in [0.15, 0.2) is 10.3 Å². The number of para-hydroxylation sites is 1. The molecule has 1 fully saturated rings. The molecule has 0 atom stereocenters. The van der Waals surface area contributed by atoms with E-state index >= 15 is 0 Å². The SMILES string of the molecule is COc1cccc(/C=C2/S/C(=N/NC(=O)c3sc(NC(=O)c4ccc(F)cc4)nc3C)N(c3ccccc3)C2=O)c1. The Morgan fingerprint density at radius 2 is 1.78 bits per heavy atom. The maximum atomic E-state index is 13.4. The zero-order valence-electron chi connectivity index (χ0n) is 21.8. The Morgan fingerprint density at radius 3 is 2.51 bits per heavy atom. The average molecular weight is 588 g/mol. The molecule has 1 saturated heterocycles. The predicted molar refractivity (Wildman–Crippen MR) is 159 cm³/mol. The fourth-order valence-corrected chi connectivity index (χ4v) is 5.61. The van der Waals surface area contributed by atoms with E-state index in [9.17, 15) is 18.8 Å². The Morgan fingerprint density at radius 1 is 1.02 bits per heavy atom. The van der Waals surface area contributed by atoms with Gasteiger partial charge in [0.2, 0.25) is 0 Å². The molecule has 3 aromatic carbocycles. The van der Waals surface area contributed by atoms with Crippen molar-refractivity contribution < 1.29 is 23.5 Å². The van der Waals surface area contributed by atoms with Crippen LogP contribution in [0.1, 0.15) is 31.3 Å². The number of aromatic nitrogens is 1. The molecule has 12 heteroatoms. The van der Waals surface area contributed by atoms with Gasteiger partial charge in [0.25, 0.3) is 17.7 Å². The molecule has 0 spiro atoms. The second-order valence-electron chi connectivity index (χ2n) is 8.59. The van der Waals surface area contributed by atoms with Crippen LogP contribution in [0, 0.1) is 12.7 Å². The van der Waals surface area contributed by atoms with E-state index in [0.29, 0.717) is 22.0 Å². The number of hydrogen-bond donors (Lipinski definition) is 2. The van der Waals surface area contributed by atoms with Crippen LogP contribution in [0.25, 0.3) is 6.08 Å². The van der Waals surface area contributed by atoms with Gasteiger partial charge in [-0.25, -0.2) is 14.8 Å². The summed E-state index contributed by atoms with van der Waals surface area (Å²) in [5, 5.41) is 7.36. The molecule has 1 aromatic heterocycles. The lowest BCUT2D eigenvalue weighted by atomic mass is 10.2. The van der Waals surface area contributed by atoms with Crippen molar-refractivity contribution in [3.8, 4) is 5.75 Å². The molecular formula is C29H22FN5O4S2. The molecule has 0 unspecified atom stereocenters. The number of thiazole rings is 1. The Kier molecular flexibility index (Phi) is 8.22. The zero-order valence-corrected chi connectivity index (χ0v) is 23.4. The molecular weight excluding hydrogens is 565 g/mol. The van der Waals surface area contributed by atoms with Gasteiger partial charge in [-0.3, -0.25) is 24.6 Å². The molecule has 0 aliphatic carbocycles. The number of thioether (sulfide) groups is 1. The van der Waals surface area contributed by atoms with Gasteiger partial charge in [0.1, 0.15) is 16.4 Å². The number of amidine groups is 1. The summed E-state index contributed by atoms with van der Waals surface area (Å²) < 4.78 is 18.4. The first-order valence-corrected chi connectivity index (χ1v) is 13.8. The van der Waals surface area contributed by atoms with E-state index in [2.05, 4.69) is 20.8 Å². The normalized spacial score (nSPS) is 14.9. The monoisotopic (exact) mass is 587 g/mol. The zero-order chi connectivity index (χ0) is 28.9. The third-order valence-corrected chi connectivity index (χ3v) is 7.84. The van der Waals surface area contributed by atoms with Gasteiger partial charge in [-0.05, 0) is 78.9 Å². The fourth-order valence-electron chi connectivity index (χ4n) is 3.82. The van der Waals surface area contributed by atoms with Crippen molar-refractivity contribution in [2.75, 3.05) is 17.3 Å². The molecule has 9 nitrogen and oxygen atoms in total. The highest BCUT2D eigenvalue weighted by Crippen LogP contribution is 2.36. The van der Waals surface area contributed by atoms with E-state index < -0.39 is 17.6 Å². The number of carbonyl (C=O) groups excluding carboxylic acids is 3. The largest absolute Gasteiger partial charge is 0.497 e. The fraction of sp³-hybridized carbons (Fsp3) is 0.0690. The third kappa shape index (κ3) is 6.34. The number of benzene rings is 3. The molecule has 206 valence electrons. The van der Waals surface area contributed by atoms with Gasteiger partial charge in [-0.15, -0.1) is 5.10 Å². The van der Waals surface area contributed by atoms with Crippen LogP contribution in [0.2, 0.25) is 0 Å². The number of hydrogen-bond acceptors (Lipinski definition) is 8. The summed E-state index contributed by atoms with van der Waals surface area (Å²) in [6, 6.07) is 21.3. The second kappa shape index (κ2) is 12.1. The van der Waals surface area contributed by atoms with Gasteiger partial charge in [-0.2, -0.15) is 0 Å². The minimum Gasteiger partial charge on any atom is -0.497 e. The number of nitrogens with zero attached hydrogens (tertiary/aromatic N) is 3. The third-order valence-electron chi connectivity index (χ3n) is 5.80. The Hall–Kier alpha value is -4.81. The standard InChI is InChI=1S/C29H22FN5O4S2/c1-17-24(41-28(31-17)32-25(36)19-11-13-20(30)14-12-19)26(37)33-34-29-35(21-8-4-3-5-9-21)27(38)23(40-29)16-18-7-6-10-22(15-18)39-2/h3-16H,1-2H3,(H,33,37)(H,31,32,36)/b23-16+,34-29+. The van der Waals surface area contributed by atoms with Crippen LogP contribution in [0.3, 0.4) is 0 Å². The Bertz CT molecular complexity index is 1690. The predicted octanol–water partition coefficient (Wildman–Crippen LogP) is 5.67. The summed E-state index contributed by atoms with van der Waals surface area (Å²) >= 11 is 2.09. The Balaban J connectivity index is 1.36. The quantitative estimate of drug-likeness (QED) is 0.213. The van der Waals surface area contributed by atoms with Crippen LogP contribution in [0.4, 0.5) is 15.2 Å². The molecule has 2 N–H and O–H groups in total. The summed E-state index contributed by atoms with van der Waals surface area (Å²) in [7, 11) is 1.57. The number of methoxy groups -OCH3 is 1. The molecule has 4 aromatic rings. The first-order valence-electron chi connectivity index (χ1n) is 12.2. The lowest BCUT2D eigenvalue weighted by Gasteiger charge is -2.15. The lowest BCUT2D eigenvalue weighted by molar-refractivity contribution is -0.113. The van der Waals surface area contributed by atoms with E-state index in [1.807, 2.05) is 30.3 Å². The van der Waals surface area contributed by atoms with Crippen LogP contribution in [-0.2, 0) is 4.79 Å². The lowest BCUT2D eigenvalue weighted by Crippen LogP contribution is -2.31. The number of carbonyl (C=O) groups is 3. The number of amides is 3.